The fourth-order valence-corrected chi connectivity index (χ4v) is 2.92. The van der Waals surface area contributed by atoms with E-state index >= 15 is 0 Å². The van der Waals surface area contributed by atoms with Crippen molar-refractivity contribution in [2.24, 2.45) is 0 Å². The second-order valence-electron chi connectivity index (χ2n) is 6.25. The average Bonchev–Trinajstić information content (AvgIpc) is 3.07. The van der Waals surface area contributed by atoms with Crippen molar-refractivity contribution >= 4 is 29.2 Å². The van der Waals surface area contributed by atoms with E-state index in [2.05, 4.69) is 40.6 Å². The molecular weight excluding hydrogens is 370 g/mol. The molecule has 8 nitrogen and oxygen atoms in total. The Kier molecular flexibility index (Phi) is 10.3. The van der Waals surface area contributed by atoms with Crippen LogP contribution in [0.1, 0.15) is 45.2 Å². The Morgan fingerprint density at radius 2 is 2.00 bits per heavy atom. The molecule has 1 unspecified atom stereocenters. The largest absolute Gasteiger partial charge is 0.478 e. The van der Waals surface area contributed by atoms with E-state index in [1.807, 2.05) is 0 Å². The molecule has 27 heavy (non-hydrogen) atoms. The van der Waals surface area contributed by atoms with Crippen molar-refractivity contribution < 1.29 is 24.5 Å². The van der Waals surface area contributed by atoms with Crippen LogP contribution in [0.3, 0.4) is 0 Å². The van der Waals surface area contributed by atoms with Crippen molar-refractivity contribution in [3.8, 4) is 5.88 Å². The summed E-state index contributed by atoms with van der Waals surface area (Å²) in [5.41, 5.74) is 2.19. The van der Waals surface area contributed by atoms with Gasteiger partial charge >= 0.3 is 11.9 Å². The van der Waals surface area contributed by atoms with Crippen molar-refractivity contribution in [1.29, 1.82) is 0 Å². The van der Waals surface area contributed by atoms with Gasteiger partial charge in [-0.15, -0.1) is 4.37 Å². The number of likely N-dealkylation sites (N-methyl/N-ethyl adjacent to an activating group) is 1. The molecule has 0 aliphatic carbocycles. The highest BCUT2D eigenvalue weighted by atomic mass is 32.1. The molecule has 2 N–H and O–H groups in total. The third-order valence-electron chi connectivity index (χ3n) is 3.75. The topological polar surface area (TPSA) is 113 Å². The van der Waals surface area contributed by atoms with Gasteiger partial charge in [-0.25, -0.2) is 9.59 Å². The standard InChI is InChI=1S/C14H23N3OS.C4H4O4/c1-4-5-7-11(2)18-14-13(15-19-16-14)12-8-6-9-17(3)10-12;5-3(6)1-2-4(7)8/h8,11H,4-7,9-10H2,1-3H3;1-2H,(H,5,6)(H,7,8)/b;2-1+. The van der Waals surface area contributed by atoms with Crippen LogP contribution < -0.4 is 4.74 Å². The molecular formula is C18H27N3O5S. The zero-order valence-electron chi connectivity index (χ0n) is 15.9. The zero-order valence-corrected chi connectivity index (χ0v) is 16.7. The quantitative estimate of drug-likeness (QED) is 0.644. The van der Waals surface area contributed by atoms with Crippen molar-refractivity contribution in [3.63, 3.8) is 0 Å². The highest BCUT2D eigenvalue weighted by Gasteiger charge is 2.19. The van der Waals surface area contributed by atoms with Crippen LogP contribution in [0.25, 0.3) is 5.57 Å². The molecule has 1 atom stereocenters. The van der Waals surface area contributed by atoms with Gasteiger partial charge < -0.3 is 19.8 Å². The first-order chi connectivity index (χ1) is 12.8. The molecule has 0 bridgehead atoms. The number of nitrogens with zero attached hydrogens (tertiary/aromatic N) is 3. The number of hydrogen-bond donors (Lipinski definition) is 2. The number of aliphatic carboxylic acids is 2. The third-order valence-corrected chi connectivity index (χ3v) is 4.26. The molecule has 1 aliphatic heterocycles. The lowest BCUT2D eigenvalue weighted by molar-refractivity contribution is -0.134. The van der Waals surface area contributed by atoms with Gasteiger partial charge in [0.05, 0.1) is 17.8 Å². The Morgan fingerprint density at radius 3 is 2.56 bits per heavy atom. The summed E-state index contributed by atoms with van der Waals surface area (Å²) in [6, 6.07) is 0. The minimum Gasteiger partial charge on any atom is -0.478 e. The van der Waals surface area contributed by atoms with Gasteiger partial charge in [-0.1, -0.05) is 25.8 Å². The van der Waals surface area contributed by atoms with Gasteiger partial charge in [-0.2, -0.15) is 4.37 Å². The van der Waals surface area contributed by atoms with Crippen molar-refractivity contribution in [1.82, 2.24) is 13.6 Å². The van der Waals surface area contributed by atoms with Gasteiger partial charge in [-0.3, -0.25) is 0 Å². The SMILES string of the molecule is CCCCC(C)Oc1nsnc1C1=CCCN(C)C1.O=C(O)/C=C/C(=O)O. The van der Waals surface area contributed by atoms with Crippen molar-refractivity contribution in [2.45, 2.75) is 45.6 Å². The molecule has 0 saturated carbocycles. The van der Waals surface area contributed by atoms with E-state index in [0.29, 0.717) is 12.2 Å². The molecule has 0 saturated heterocycles. The predicted octanol–water partition coefficient (Wildman–Crippen LogP) is 2.93. The normalized spacial score (nSPS) is 15.6. The van der Waals surface area contributed by atoms with Crippen LogP contribution in [-0.2, 0) is 9.59 Å². The molecule has 0 amide bonds. The molecule has 0 fully saturated rings. The maximum atomic E-state index is 9.55. The maximum Gasteiger partial charge on any atom is 0.328 e. The number of carbonyl (C=O) groups is 2. The molecule has 1 aromatic rings. The molecule has 1 aliphatic rings. The molecule has 2 rings (SSSR count). The number of unbranched alkanes of at least 4 members (excludes halogenated alkanes) is 1. The van der Waals surface area contributed by atoms with Crippen molar-refractivity contribution in [2.75, 3.05) is 20.1 Å². The first-order valence-corrected chi connectivity index (χ1v) is 9.57. The number of rotatable bonds is 8. The second-order valence-corrected chi connectivity index (χ2v) is 6.78. The number of aromatic nitrogens is 2. The number of carboxylic acids is 2. The lowest BCUT2D eigenvalue weighted by Crippen LogP contribution is -2.25. The summed E-state index contributed by atoms with van der Waals surface area (Å²) in [7, 11) is 2.14. The molecule has 0 radical (unpaired) electrons. The summed E-state index contributed by atoms with van der Waals surface area (Å²) in [6.45, 7) is 6.36. The number of carboxylic acid groups (broad SMARTS) is 2. The number of ether oxygens (including phenoxy) is 1. The first kappa shape index (κ1) is 22.8. The summed E-state index contributed by atoms with van der Waals surface area (Å²) in [6.07, 6.45) is 8.14. The molecule has 0 spiro atoms. The van der Waals surface area contributed by atoms with E-state index in [1.165, 1.54) is 30.1 Å². The van der Waals surface area contributed by atoms with E-state index < -0.39 is 11.9 Å². The lowest BCUT2D eigenvalue weighted by Gasteiger charge is -2.22. The summed E-state index contributed by atoms with van der Waals surface area (Å²) < 4.78 is 14.7. The van der Waals surface area contributed by atoms with Crippen LogP contribution in [0.4, 0.5) is 0 Å². The molecule has 2 heterocycles. The monoisotopic (exact) mass is 397 g/mol. The Morgan fingerprint density at radius 1 is 1.33 bits per heavy atom. The van der Waals surface area contributed by atoms with E-state index in [4.69, 9.17) is 14.9 Å². The first-order valence-electron chi connectivity index (χ1n) is 8.84. The highest BCUT2D eigenvalue weighted by Crippen LogP contribution is 2.28. The van der Waals surface area contributed by atoms with Crippen LogP contribution in [0.2, 0.25) is 0 Å². The average molecular weight is 397 g/mol. The predicted molar refractivity (Wildman–Crippen MR) is 104 cm³/mol. The second kappa shape index (κ2) is 12.2. The minimum absolute atomic E-state index is 0.213. The van der Waals surface area contributed by atoms with Crippen LogP contribution in [0.5, 0.6) is 5.88 Å². The Balaban J connectivity index is 0.000000387. The van der Waals surface area contributed by atoms with E-state index in [1.54, 1.807) is 0 Å². The Bertz CT molecular complexity index is 656. The van der Waals surface area contributed by atoms with Gasteiger partial charge in [0.2, 0.25) is 0 Å². The molecule has 0 aromatic carbocycles. The van der Waals surface area contributed by atoms with Gasteiger partial charge in [0.25, 0.3) is 5.88 Å². The Labute approximate surface area is 163 Å². The smallest absolute Gasteiger partial charge is 0.328 e. The van der Waals surface area contributed by atoms with E-state index in [9.17, 15) is 9.59 Å². The van der Waals surface area contributed by atoms with Crippen LogP contribution >= 0.6 is 11.7 Å². The molecule has 9 heteroatoms. The van der Waals surface area contributed by atoms with Crippen molar-refractivity contribution in [3.05, 3.63) is 23.9 Å². The van der Waals surface area contributed by atoms with Gasteiger partial charge in [0.15, 0.2) is 0 Å². The molecule has 1 aromatic heterocycles. The summed E-state index contributed by atoms with van der Waals surface area (Å²) in [5.74, 6) is -1.80. The van der Waals surface area contributed by atoms with Crippen LogP contribution in [0, 0.1) is 0 Å². The lowest BCUT2D eigenvalue weighted by atomic mass is 10.1. The van der Waals surface area contributed by atoms with Gasteiger partial charge in [-0.05, 0) is 32.4 Å². The fourth-order valence-electron chi connectivity index (χ4n) is 2.40. The summed E-state index contributed by atoms with van der Waals surface area (Å²) in [4.78, 5) is 21.4. The van der Waals surface area contributed by atoms with Gasteiger partial charge in [0.1, 0.15) is 5.69 Å². The highest BCUT2D eigenvalue weighted by molar-refractivity contribution is 6.99. The third kappa shape index (κ3) is 9.30. The van der Waals surface area contributed by atoms with Crippen LogP contribution in [0.15, 0.2) is 18.2 Å². The Hall–Kier alpha value is -2.26. The van der Waals surface area contributed by atoms with Gasteiger partial charge in [0, 0.05) is 25.2 Å². The maximum absolute atomic E-state index is 9.55. The van der Waals surface area contributed by atoms with Crippen LogP contribution in [-0.4, -0.2) is 62.0 Å². The summed E-state index contributed by atoms with van der Waals surface area (Å²) in [5, 5.41) is 15.6. The fraction of sp³-hybridized carbons (Fsp3) is 0.556. The zero-order chi connectivity index (χ0) is 20.2. The molecule has 150 valence electrons. The minimum atomic E-state index is -1.26. The van der Waals surface area contributed by atoms with E-state index in [-0.39, 0.29) is 6.10 Å². The van der Waals surface area contributed by atoms with E-state index in [0.717, 1.165) is 37.5 Å². The number of hydrogen-bond acceptors (Lipinski definition) is 7. The summed E-state index contributed by atoms with van der Waals surface area (Å²) >= 11 is 1.24.